The number of thiophene rings is 1. The van der Waals surface area contributed by atoms with E-state index in [1.807, 2.05) is 0 Å². The molecule has 18 heavy (non-hydrogen) atoms. The zero-order valence-electron chi connectivity index (χ0n) is 9.37. The van der Waals surface area contributed by atoms with Crippen LogP contribution in [0, 0.1) is 5.82 Å². The molecule has 0 aliphatic heterocycles. The summed E-state index contributed by atoms with van der Waals surface area (Å²) in [7, 11) is 1.29. The molecule has 0 unspecified atom stereocenters. The summed E-state index contributed by atoms with van der Waals surface area (Å²) in [6.45, 7) is 0. The number of anilines is 1. The molecule has 0 saturated heterocycles. The van der Waals surface area contributed by atoms with Gasteiger partial charge in [0.2, 0.25) is 0 Å². The highest BCUT2D eigenvalue weighted by molar-refractivity contribution is 9.10. The first-order valence-corrected chi connectivity index (χ1v) is 6.62. The summed E-state index contributed by atoms with van der Waals surface area (Å²) in [5.74, 6) is -0.853. The maximum Gasteiger partial charge on any atom is 0.341 e. The normalized spacial score (nSPS) is 10.4. The minimum absolute atomic E-state index is 0.315. The van der Waals surface area contributed by atoms with Crippen molar-refractivity contribution in [3.63, 3.8) is 0 Å². The lowest BCUT2D eigenvalue weighted by atomic mass is 10.0. The van der Waals surface area contributed by atoms with E-state index < -0.39 is 5.97 Å². The van der Waals surface area contributed by atoms with E-state index in [4.69, 9.17) is 10.5 Å². The number of halogens is 2. The van der Waals surface area contributed by atoms with Crippen LogP contribution in [0.2, 0.25) is 0 Å². The summed E-state index contributed by atoms with van der Waals surface area (Å²) in [6, 6.07) is 4.26. The summed E-state index contributed by atoms with van der Waals surface area (Å²) in [5.41, 5.74) is 7.41. The van der Waals surface area contributed by atoms with Crippen molar-refractivity contribution in [3.8, 4) is 11.1 Å². The standard InChI is InChI=1S/C12H9BrFNO2S/c1-17-12(16)10-8(5-18-11(10)15)7-3-2-6(14)4-9(7)13/h2-5H,15H2,1H3. The summed E-state index contributed by atoms with van der Waals surface area (Å²) >= 11 is 4.51. The Morgan fingerprint density at radius 3 is 2.78 bits per heavy atom. The van der Waals surface area contributed by atoms with Gasteiger partial charge in [-0.25, -0.2) is 9.18 Å². The zero-order chi connectivity index (χ0) is 13.3. The van der Waals surface area contributed by atoms with Crippen LogP contribution in [0.15, 0.2) is 28.1 Å². The van der Waals surface area contributed by atoms with Gasteiger partial charge in [-0.15, -0.1) is 11.3 Å². The third-order valence-corrected chi connectivity index (χ3v) is 3.90. The van der Waals surface area contributed by atoms with E-state index in [1.54, 1.807) is 11.4 Å². The number of rotatable bonds is 2. The molecule has 0 radical (unpaired) electrons. The average molecular weight is 330 g/mol. The molecule has 0 bridgehead atoms. The molecule has 2 aromatic rings. The third-order valence-electron chi connectivity index (χ3n) is 2.43. The monoisotopic (exact) mass is 329 g/mol. The van der Waals surface area contributed by atoms with E-state index in [2.05, 4.69) is 15.9 Å². The topological polar surface area (TPSA) is 52.3 Å². The van der Waals surface area contributed by atoms with E-state index in [1.165, 1.54) is 30.6 Å². The first-order valence-electron chi connectivity index (χ1n) is 4.95. The van der Waals surface area contributed by atoms with Gasteiger partial charge in [-0.05, 0) is 17.7 Å². The molecule has 0 aliphatic carbocycles. The van der Waals surface area contributed by atoms with E-state index in [0.717, 1.165) is 0 Å². The molecule has 94 valence electrons. The number of hydrogen-bond acceptors (Lipinski definition) is 4. The van der Waals surface area contributed by atoms with Gasteiger partial charge in [0.1, 0.15) is 16.4 Å². The number of nitrogen functional groups attached to an aromatic ring is 1. The second-order valence-corrected chi connectivity index (χ2v) is 5.27. The molecule has 0 saturated carbocycles. The van der Waals surface area contributed by atoms with Crippen molar-refractivity contribution >= 4 is 38.2 Å². The van der Waals surface area contributed by atoms with Crippen LogP contribution < -0.4 is 5.73 Å². The van der Waals surface area contributed by atoms with Crippen molar-refractivity contribution in [1.29, 1.82) is 0 Å². The Morgan fingerprint density at radius 2 is 2.17 bits per heavy atom. The molecule has 0 atom stereocenters. The van der Waals surface area contributed by atoms with Crippen molar-refractivity contribution in [1.82, 2.24) is 0 Å². The van der Waals surface area contributed by atoms with Crippen LogP contribution in [0.3, 0.4) is 0 Å². The van der Waals surface area contributed by atoms with Crippen LogP contribution in [0.1, 0.15) is 10.4 Å². The molecule has 1 aromatic heterocycles. The second kappa shape index (κ2) is 5.07. The quantitative estimate of drug-likeness (QED) is 0.855. The maximum absolute atomic E-state index is 13.1. The van der Waals surface area contributed by atoms with Crippen molar-refractivity contribution in [2.24, 2.45) is 0 Å². The fourth-order valence-electron chi connectivity index (χ4n) is 1.59. The molecule has 1 heterocycles. The van der Waals surface area contributed by atoms with Gasteiger partial charge in [0.25, 0.3) is 0 Å². The summed E-state index contributed by atoms with van der Waals surface area (Å²) in [4.78, 5) is 11.7. The number of nitrogens with two attached hydrogens (primary N) is 1. The smallest absolute Gasteiger partial charge is 0.341 e. The van der Waals surface area contributed by atoms with Gasteiger partial charge < -0.3 is 10.5 Å². The lowest BCUT2D eigenvalue weighted by molar-refractivity contribution is 0.0603. The van der Waals surface area contributed by atoms with Gasteiger partial charge >= 0.3 is 5.97 Å². The first-order chi connectivity index (χ1) is 8.54. The Kier molecular flexibility index (Phi) is 3.68. The number of carbonyl (C=O) groups is 1. The molecule has 0 fully saturated rings. The number of hydrogen-bond donors (Lipinski definition) is 1. The maximum atomic E-state index is 13.1. The Labute approximate surface area is 116 Å². The van der Waals surface area contributed by atoms with Gasteiger partial charge in [0, 0.05) is 15.4 Å². The van der Waals surface area contributed by atoms with Crippen molar-refractivity contribution in [3.05, 3.63) is 39.4 Å². The Balaban J connectivity index is 2.61. The molecular formula is C12H9BrFNO2S. The highest BCUT2D eigenvalue weighted by atomic mass is 79.9. The van der Waals surface area contributed by atoms with E-state index in [0.29, 0.717) is 26.2 Å². The highest BCUT2D eigenvalue weighted by Gasteiger charge is 2.20. The minimum atomic E-state index is -0.500. The number of methoxy groups -OCH3 is 1. The zero-order valence-corrected chi connectivity index (χ0v) is 11.8. The lowest BCUT2D eigenvalue weighted by Crippen LogP contribution is -2.04. The van der Waals surface area contributed by atoms with Gasteiger partial charge in [0.05, 0.1) is 7.11 Å². The predicted octanol–water partition coefficient (Wildman–Crippen LogP) is 3.69. The molecule has 0 aliphatic rings. The van der Waals surface area contributed by atoms with Crippen molar-refractivity contribution in [2.75, 3.05) is 12.8 Å². The molecule has 1 aromatic carbocycles. The molecule has 0 spiro atoms. The SMILES string of the molecule is COC(=O)c1c(-c2ccc(F)cc2Br)csc1N. The molecule has 2 rings (SSSR count). The summed E-state index contributed by atoms with van der Waals surface area (Å²) in [6.07, 6.45) is 0. The second-order valence-electron chi connectivity index (χ2n) is 3.50. The Hall–Kier alpha value is -1.40. The third kappa shape index (κ3) is 2.26. The van der Waals surface area contributed by atoms with Gasteiger partial charge in [-0.2, -0.15) is 0 Å². The highest BCUT2D eigenvalue weighted by Crippen LogP contribution is 2.37. The van der Waals surface area contributed by atoms with Crippen molar-refractivity contribution in [2.45, 2.75) is 0 Å². The number of benzene rings is 1. The molecule has 0 amide bonds. The van der Waals surface area contributed by atoms with E-state index >= 15 is 0 Å². The Morgan fingerprint density at radius 1 is 1.44 bits per heavy atom. The van der Waals surface area contributed by atoms with Gasteiger partial charge in [-0.3, -0.25) is 0 Å². The summed E-state index contributed by atoms with van der Waals surface area (Å²) in [5, 5.41) is 2.13. The van der Waals surface area contributed by atoms with Gasteiger partial charge in [0.15, 0.2) is 0 Å². The van der Waals surface area contributed by atoms with Crippen LogP contribution in [-0.2, 0) is 4.74 Å². The largest absolute Gasteiger partial charge is 0.465 e. The number of ether oxygens (including phenoxy) is 1. The molecular weight excluding hydrogens is 321 g/mol. The Bertz CT molecular complexity index is 612. The van der Waals surface area contributed by atoms with Crippen LogP contribution in [0.5, 0.6) is 0 Å². The number of carbonyl (C=O) groups excluding carboxylic acids is 1. The van der Waals surface area contributed by atoms with Gasteiger partial charge in [-0.1, -0.05) is 22.0 Å². The van der Waals surface area contributed by atoms with E-state index in [9.17, 15) is 9.18 Å². The van der Waals surface area contributed by atoms with Crippen LogP contribution >= 0.6 is 27.3 Å². The molecule has 6 heteroatoms. The fourth-order valence-corrected chi connectivity index (χ4v) is 2.96. The van der Waals surface area contributed by atoms with Crippen LogP contribution in [0.4, 0.5) is 9.39 Å². The molecule has 2 N–H and O–H groups in total. The predicted molar refractivity (Wildman–Crippen MR) is 73.2 cm³/mol. The van der Waals surface area contributed by atoms with E-state index in [-0.39, 0.29) is 5.82 Å². The molecule has 3 nitrogen and oxygen atoms in total. The number of esters is 1. The van der Waals surface area contributed by atoms with Crippen LogP contribution in [-0.4, -0.2) is 13.1 Å². The minimum Gasteiger partial charge on any atom is -0.465 e. The average Bonchev–Trinajstić information content (AvgIpc) is 2.70. The lowest BCUT2D eigenvalue weighted by Gasteiger charge is -2.06. The first kappa shape index (κ1) is 13.0. The fraction of sp³-hybridized carbons (Fsp3) is 0.0833. The summed E-state index contributed by atoms with van der Waals surface area (Å²) < 4.78 is 18.3. The van der Waals surface area contributed by atoms with Crippen LogP contribution in [0.25, 0.3) is 11.1 Å². The van der Waals surface area contributed by atoms with Crippen molar-refractivity contribution < 1.29 is 13.9 Å².